The third-order valence-corrected chi connectivity index (χ3v) is 4.76. The molecule has 2 N–H and O–H groups in total. The Morgan fingerprint density at radius 1 is 1.04 bits per heavy atom. The van der Waals surface area contributed by atoms with Gasteiger partial charge in [0.05, 0.1) is 11.9 Å². The molecule has 0 spiro atoms. The van der Waals surface area contributed by atoms with Gasteiger partial charge in [-0.05, 0) is 24.3 Å². The van der Waals surface area contributed by atoms with E-state index >= 15 is 0 Å². The van der Waals surface area contributed by atoms with Crippen LogP contribution in [0.2, 0.25) is 0 Å². The summed E-state index contributed by atoms with van der Waals surface area (Å²) in [6.07, 6.45) is 3.90. The Balaban J connectivity index is 0.00000261. The number of halogens is 1. The lowest BCUT2D eigenvalue weighted by molar-refractivity contribution is 0.831. The standard InChI is InChI=1S/C20H23N5S.HI/c1-21-20(22-12-13-26-19-10-6-3-7-11-19)23-14-17-15-24-25(16-17)18-8-4-2-5-9-18;/h2-11,15-16H,12-14H2,1H3,(H2,21,22,23);1H. The Hall–Kier alpha value is -2.00. The molecule has 0 saturated carbocycles. The summed E-state index contributed by atoms with van der Waals surface area (Å²) >= 11 is 1.83. The minimum atomic E-state index is 0. The smallest absolute Gasteiger partial charge is 0.191 e. The van der Waals surface area contributed by atoms with E-state index in [1.807, 2.05) is 65.2 Å². The van der Waals surface area contributed by atoms with E-state index in [0.29, 0.717) is 6.54 Å². The summed E-state index contributed by atoms with van der Waals surface area (Å²) in [6.45, 7) is 1.53. The van der Waals surface area contributed by atoms with Crippen LogP contribution < -0.4 is 10.6 Å². The van der Waals surface area contributed by atoms with Gasteiger partial charge < -0.3 is 10.6 Å². The number of nitrogens with zero attached hydrogens (tertiary/aromatic N) is 3. The monoisotopic (exact) mass is 493 g/mol. The van der Waals surface area contributed by atoms with Crippen LogP contribution in [0.15, 0.2) is 82.9 Å². The van der Waals surface area contributed by atoms with Crippen LogP contribution in [0.4, 0.5) is 0 Å². The molecule has 0 aliphatic heterocycles. The molecular weight excluding hydrogens is 469 g/mol. The van der Waals surface area contributed by atoms with E-state index in [-0.39, 0.29) is 24.0 Å². The quantitative estimate of drug-likeness (QED) is 0.172. The number of thioether (sulfide) groups is 1. The van der Waals surface area contributed by atoms with E-state index in [0.717, 1.165) is 29.5 Å². The minimum absolute atomic E-state index is 0. The molecule has 0 unspecified atom stereocenters. The summed E-state index contributed by atoms with van der Waals surface area (Å²) in [5.41, 5.74) is 2.16. The first-order valence-corrected chi connectivity index (χ1v) is 9.55. The first-order chi connectivity index (χ1) is 12.8. The molecule has 142 valence electrons. The number of hydrogen-bond donors (Lipinski definition) is 2. The zero-order chi connectivity index (χ0) is 18.0. The van der Waals surface area contributed by atoms with Crippen LogP contribution in [0.25, 0.3) is 5.69 Å². The van der Waals surface area contributed by atoms with Crippen LogP contribution in [0, 0.1) is 0 Å². The van der Waals surface area contributed by atoms with Gasteiger partial charge in [-0.15, -0.1) is 35.7 Å². The first-order valence-electron chi connectivity index (χ1n) is 8.56. The fraction of sp³-hybridized carbons (Fsp3) is 0.200. The molecule has 0 saturated heterocycles. The second kappa shape index (κ2) is 11.7. The summed E-state index contributed by atoms with van der Waals surface area (Å²) in [7, 11) is 1.78. The van der Waals surface area contributed by atoms with Crippen molar-refractivity contribution in [2.45, 2.75) is 11.4 Å². The maximum Gasteiger partial charge on any atom is 0.191 e. The summed E-state index contributed by atoms with van der Waals surface area (Å²) in [4.78, 5) is 5.55. The van der Waals surface area contributed by atoms with Gasteiger partial charge >= 0.3 is 0 Å². The van der Waals surface area contributed by atoms with Crippen molar-refractivity contribution in [1.82, 2.24) is 20.4 Å². The van der Waals surface area contributed by atoms with E-state index < -0.39 is 0 Å². The largest absolute Gasteiger partial charge is 0.356 e. The highest BCUT2D eigenvalue weighted by Crippen LogP contribution is 2.15. The van der Waals surface area contributed by atoms with Crippen molar-refractivity contribution in [2.75, 3.05) is 19.3 Å². The molecule has 0 radical (unpaired) electrons. The number of para-hydroxylation sites is 1. The molecule has 5 nitrogen and oxygen atoms in total. The number of nitrogens with one attached hydrogen (secondary N) is 2. The predicted molar refractivity (Wildman–Crippen MR) is 124 cm³/mol. The Bertz CT molecular complexity index is 821. The number of aliphatic imine (C=N–C) groups is 1. The SMILES string of the molecule is CN=C(NCCSc1ccccc1)NCc1cnn(-c2ccccc2)c1.I. The van der Waals surface area contributed by atoms with Gasteiger partial charge in [-0.3, -0.25) is 4.99 Å². The number of hydrogen-bond acceptors (Lipinski definition) is 3. The van der Waals surface area contributed by atoms with E-state index in [2.05, 4.69) is 45.0 Å². The van der Waals surface area contributed by atoms with E-state index in [1.165, 1.54) is 4.90 Å². The molecule has 0 bridgehead atoms. The van der Waals surface area contributed by atoms with Crippen molar-refractivity contribution in [3.05, 3.63) is 78.6 Å². The van der Waals surface area contributed by atoms with Crippen LogP contribution in [0.5, 0.6) is 0 Å². The van der Waals surface area contributed by atoms with Crippen LogP contribution in [-0.4, -0.2) is 35.1 Å². The van der Waals surface area contributed by atoms with Crippen LogP contribution >= 0.6 is 35.7 Å². The Morgan fingerprint density at radius 3 is 2.44 bits per heavy atom. The van der Waals surface area contributed by atoms with Gasteiger partial charge in [0.2, 0.25) is 0 Å². The molecule has 0 amide bonds. The van der Waals surface area contributed by atoms with Gasteiger partial charge in [-0.2, -0.15) is 5.10 Å². The van der Waals surface area contributed by atoms with Gasteiger partial charge in [0.15, 0.2) is 5.96 Å². The van der Waals surface area contributed by atoms with Crippen molar-refractivity contribution in [3.8, 4) is 5.69 Å². The topological polar surface area (TPSA) is 54.2 Å². The summed E-state index contributed by atoms with van der Waals surface area (Å²) in [6, 6.07) is 20.5. The van der Waals surface area contributed by atoms with Crippen LogP contribution in [-0.2, 0) is 6.54 Å². The van der Waals surface area contributed by atoms with Gasteiger partial charge in [0.25, 0.3) is 0 Å². The number of rotatable bonds is 7. The predicted octanol–water partition coefficient (Wildman–Crippen LogP) is 3.95. The highest BCUT2D eigenvalue weighted by Gasteiger charge is 2.02. The maximum atomic E-state index is 4.41. The average molecular weight is 493 g/mol. The fourth-order valence-corrected chi connectivity index (χ4v) is 3.22. The molecule has 2 aromatic carbocycles. The number of aromatic nitrogens is 2. The molecule has 0 aliphatic rings. The third-order valence-electron chi connectivity index (χ3n) is 3.75. The summed E-state index contributed by atoms with van der Waals surface area (Å²) in [5.74, 6) is 1.78. The zero-order valence-corrected chi connectivity index (χ0v) is 18.4. The molecule has 1 heterocycles. The molecule has 0 atom stereocenters. The van der Waals surface area contributed by atoms with Gasteiger partial charge in [0.1, 0.15) is 0 Å². The van der Waals surface area contributed by atoms with E-state index in [1.54, 1.807) is 7.05 Å². The lowest BCUT2D eigenvalue weighted by Crippen LogP contribution is -2.37. The molecular formula is C20H24IN5S. The van der Waals surface area contributed by atoms with Crippen molar-refractivity contribution < 1.29 is 0 Å². The van der Waals surface area contributed by atoms with Crippen LogP contribution in [0.3, 0.4) is 0 Å². The minimum Gasteiger partial charge on any atom is -0.356 e. The Kier molecular flexibility index (Phi) is 9.20. The highest BCUT2D eigenvalue weighted by atomic mass is 127. The van der Waals surface area contributed by atoms with Crippen molar-refractivity contribution >= 4 is 41.7 Å². The van der Waals surface area contributed by atoms with E-state index in [4.69, 9.17) is 0 Å². The average Bonchev–Trinajstić information content (AvgIpc) is 3.18. The van der Waals surface area contributed by atoms with Gasteiger partial charge in [-0.1, -0.05) is 36.4 Å². The molecule has 0 aliphatic carbocycles. The zero-order valence-electron chi connectivity index (χ0n) is 15.2. The lowest BCUT2D eigenvalue weighted by Gasteiger charge is -2.11. The van der Waals surface area contributed by atoms with E-state index in [9.17, 15) is 0 Å². The number of guanidine groups is 1. The first kappa shape index (κ1) is 21.3. The van der Waals surface area contributed by atoms with Crippen molar-refractivity contribution in [1.29, 1.82) is 0 Å². The number of benzene rings is 2. The molecule has 1 aromatic heterocycles. The molecule has 0 fully saturated rings. The lowest BCUT2D eigenvalue weighted by atomic mass is 10.3. The fourth-order valence-electron chi connectivity index (χ4n) is 2.43. The van der Waals surface area contributed by atoms with Crippen molar-refractivity contribution in [2.24, 2.45) is 4.99 Å². The highest BCUT2D eigenvalue weighted by molar-refractivity contribution is 14.0. The Labute approximate surface area is 181 Å². The van der Waals surface area contributed by atoms with Crippen molar-refractivity contribution in [3.63, 3.8) is 0 Å². The second-order valence-corrected chi connectivity index (χ2v) is 6.81. The summed E-state index contributed by atoms with van der Waals surface area (Å²) in [5, 5.41) is 11.1. The maximum absolute atomic E-state index is 4.41. The Morgan fingerprint density at radius 2 is 1.74 bits per heavy atom. The molecule has 3 rings (SSSR count). The van der Waals surface area contributed by atoms with Gasteiger partial charge in [-0.25, -0.2) is 4.68 Å². The van der Waals surface area contributed by atoms with Crippen LogP contribution in [0.1, 0.15) is 5.56 Å². The third kappa shape index (κ3) is 6.91. The molecule has 3 aromatic rings. The normalized spacial score (nSPS) is 10.9. The van der Waals surface area contributed by atoms with Gasteiger partial charge in [0, 0.05) is 42.5 Å². The second-order valence-electron chi connectivity index (χ2n) is 5.64. The summed E-state index contributed by atoms with van der Waals surface area (Å²) < 4.78 is 1.88. The molecule has 27 heavy (non-hydrogen) atoms. The molecule has 7 heteroatoms.